The van der Waals surface area contributed by atoms with Crippen molar-refractivity contribution >= 4 is 89.5 Å². The van der Waals surface area contributed by atoms with E-state index in [4.69, 9.17) is 0 Å². The summed E-state index contributed by atoms with van der Waals surface area (Å²) < 4.78 is 0. The summed E-state index contributed by atoms with van der Waals surface area (Å²) in [4.78, 5) is 5.33. The Morgan fingerprint density at radius 1 is 0.207 bits per heavy atom. The predicted octanol–water partition coefficient (Wildman–Crippen LogP) is 20.9. The molecule has 2 nitrogen and oxygen atoms in total. The molecule has 87 heavy (non-hydrogen) atoms. The third-order valence-electron chi connectivity index (χ3n) is 18.2. The molecule has 3 heteroatoms. The second kappa shape index (κ2) is 20.8. The van der Waals surface area contributed by atoms with Crippen molar-refractivity contribution in [1.29, 1.82) is 0 Å². The van der Waals surface area contributed by atoms with Crippen LogP contribution in [0.1, 0.15) is 0 Å². The normalized spacial score (nSPS) is 12.3. The number of anilines is 6. The Kier molecular flexibility index (Phi) is 12.0. The van der Waals surface area contributed by atoms with E-state index in [2.05, 4.69) is 343 Å². The van der Waals surface area contributed by atoms with Crippen LogP contribution >= 0.6 is 0 Å². The van der Waals surface area contributed by atoms with E-state index in [0.717, 1.165) is 95.3 Å². The highest BCUT2D eigenvalue weighted by Gasteiger charge is 2.45. The van der Waals surface area contributed by atoms with Crippen molar-refractivity contribution in [2.75, 3.05) is 9.80 Å². The monoisotopic (exact) mass is 1100 g/mol. The largest absolute Gasteiger partial charge is 0.310 e. The van der Waals surface area contributed by atoms with Crippen molar-refractivity contribution in [3.05, 3.63) is 334 Å². The van der Waals surface area contributed by atoms with E-state index in [1.54, 1.807) is 0 Å². The molecule has 0 fully saturated rings. The van der Waals surface area contributed by atoms with Crippen molar-refractivity contribution in [2.45, 2.75) is 0 Å². The van der Waals surface area contributed by atoms with Crippen LogP contribution in [0.15, 0.2) is 334 Å². The quantitative estimate of drug-likeness (QED) is 0.105. The van der Waals surface area contributed by atoms with Gasteiger partial charge in [0.25, 0.3) is 6.71 Å². The van der Waals surface area contributed by atoms with E-state index in [1.807, 2.05) is 0 Å². The first-order chi connectivity index (χ1) is 43.2. The zero-order chi connectivity index (χ0) is 57.4. The molecular formula is C84H55BN2. The molecule has 0 unspecified atom stereocenters. The van der Waals surface area contributed by atoms with Gasteiger partial charge < -0.3 is 9.80 Å². The van der Waals surface area contributed by atoms with Gasteiger partial charge >= 0.3 is 0 Å². The van der Waals surface area contributed by atoms with E-state index < -0.39 is 0 Å². The predicted molar refractivity (Wildman–Crippen MR) is 371 cm³/mol. The highest BCUT2D eigenvalue weighted by Crippen LogP contribution is 2.54. The zero-order valence-electron chi connectivity index (χ0n) is 47.7. The van der Waals surface area contributed by atoms with Crippen molar-refractivity contribution in [1.82, 2.24) is 0 Å². The molecule has 0 N–H and O–H groups in total. The molecule has 0 aliphatic carbocycles. The van der Waals surface area contributed by atoms with Gasteiger partial charge in [-0.05, 0) is 141 Å². The number of fused-ring (bicyclic) bond motifs is 7. The molecule has 0 saturated heterocycles. The lowest BCUT2D eigenvalue weighted by atomic mass is 9.33. The fourth-order valence-electron chi connectivity index (χ4n) is 14.3. The van der Waals surface area contributed by atoms with Crippen LogP contribution in [-0.2, 0) is 0 Å². The van der Waals surface area contributed by atoms with E-state index in [-0.39, 0.29) is 6.71 Å². The molecule has 0 spiro atoms. The standard InChI is InChI=1S/C84H55BN2/c1-6-25-56(26-7-1)64-47-48-75-77(53-64)86(83-71(57-27-8-2-9-28-57)43-23-44-72(83)58-29-10-3-11-30-58)79-54-68(61-39-22-40-67(49-61)81-69-41-20-18-37-65(69)50-66-38-19-21-42-70(66)81)55-80-82(79)85(75)76-51-62-35-16-17-36-63(62)52-78(76)87(80)84-73(59-31-12-4-13-32-59)45-24-46-74(84)60-33-14-5-15-34-60/h1-55H. The third kappa shape index (κ3) is 8.42. The summed E-state index contributed by atoms with van der Waals surface area (Å²) in [7, 11) is 0. The lowest BCUT2D eigenvalue weighted by molar-refractivity contribution is 1.26. The lowest BCUT2D eigenvalue weighted by Crippen LogP contribution is -2.61. The molecule has 2 aliphatic heterocycles. The van der Waals surface area contributed by atoms with Crippen molar-refractivity contribution in [3.8, 4) is 77.9 Å². The Morgan fingerprint density at radius 3 is 1.07 bits per heavy atom. The lowest BCUT2D eigenvalue weighted by Gasteiger charge is -2.46. The number of rotatable bonds is 9. The maximum Gasteiger partial charge on any atom is 0.252 e. The second-order valence-corrected chi connectivity index (χ2v) is 23.1. The van der Waals surface area contributed by atoms with Crippen LogP contribution in [0, 0.1) is 0 Å². The van der Waals surface area contributed by atoms with E-state index in [1.165, 1.54) is 65.4 Å². The van der Waals surface area contributed by atoms with Crippen LogP contribution in [0.3, 0.4) is 0 Å². The molecule has 2 heterocycles. The number of nitrogens with zero attached hydrogens (tertiary/aromatic N) is 2. The Hall–Kier alpha value is -11.3. The van der Waals surface area contributed by atoms with Gasteiger partial charge in [0.05, 0.1) is 11.4 Å². The first kappa shape index (κ1) is 50.3. The molecule has 2 aliphatic rings. The molecule has 15 aromatic carbocycles. The molecule has 17 rings (SSSR count). The highest BCUT2D eigenvalue weighted by atomic mass is 15.2. The fraction of sp³-hybridized carbons (Fsp3) is 0. The number of benzene rings is 15. The minimum atomic E-state index is -0.169. The van der Waals surface area contributed by atoms with Gasteiger partial charge in [0.1, 0.15) is 0 Å². The summed E-state index contributed by atoms with van der Waals surface area (Å²) in [6.45, 7) is -0.169. The molecule has 15 aromatic rings. The van der Waals surface area contributed by atoms with E-state index >= 15 is 0 Å². The molecule has 0 amide bonds. The Balaban J connectivity index is 1.05. The zero-order valence-corrected chi connectivity index (χ0v) is 47.7. The Bertz CT molecular complexity index is 4990. The maximum absolute atomic E-state index is 2.67. The first-order valence-electron chi connectivity index (χ1n) is 30.2. The van der Waals surface area contributed by atoms with Crippen LogP contribution in [-0.4, -0.2) is 6.71 Å². The highest BCUT2D eigenvalue weighted by molar-refractivity contribution is 7.00. The number of para-hydroxylation sites is 2. The summed E-state index contributed by atoms with van der Waals surface area (Å²) in [5.41, 5.74) is 26.8. The molecule has 0 bridgehead atoms. The van der Waals surface area contributed by atoms with E-state index in [9.17, 15) is 0 Å². The van der Waals surface area contributed by atoms with Crippen molar-refractivity contribution in [3.63, 3.8) is 0 Å². The van der Waals surface area contributed by atoms with Crippen molar-refractivity contribution in [2.24, 2.45) is 0 Å². The number of hydrogen-bond acceptors (Lipinski definition) is 2. The van der Waals surface area contributed by atoms with Gasteiger partial charge in [0.15, 0.2) is 0 Å². The van der Waals surface area contributed by atoms with Gasteiger partial charge in [0.2, 0.25) is 0 Å². The molecule has 0 saturated carbocycles. The second-order valence-electron chi connectivity index (χ2n) is 23.1. The smallest absolute Gasteiger partial charge is 0.252 e. The Labute approximate surface area is 507 Å². The summed E-state index contributed by atoms with van der Waals surface area (Å²) in [5, 5.41) is 7.33. The van der Waals surface area contributed by atoms with Gasteiger partial charge in [0, 0.05) is 45.0 Å². The molecule has 0 aromatic heterocycles. The van der Waals surface area contributed by atoms with Gasteiger partial charge in [-0.15, -0.1) is 0 Å². The summed E-state index contributed by atoms with van der Waals surface area (Å²) in [6, 6.07) is 124. The molecule has 0 atom stereocenters. The topological polar surface area (TPSA) is 6.48 Å². The number of hydrogen-bond donors (Lipinski definition) is 0. The minimum Gasteiger partial charge on any atom is -0.310 e. The van der Waals surface area contributed by atoms with Gasteiger partial charge in [-0.2, -0.15) is 0 Å². The van der Waals surface area contributed by atoms with Gasteiger partial charge in [-0.1, -0.05) is 297 Å². The Morgan fingerprint density at radius 2 is 0.575 bits per heavy atom. The van der Waals surface area contributed by atoms with Crippen molar-refractivity contribution < 1.29 is 0 Å². The van der Waals surface area contributed by atoms with Crippen LogP contribution in [0.2, 0.25) is 0 Å². The fourth-order valence-corrected chi connectivity index (χ4v) is 14.3. The van der Waals surface area contributed by atoms with Crippen LogP contribution < -0.4 is 26.2 Å². The molecular weight excluding hydrogens is 1050 g/mol. The van der Waals surface area contributed by atoms with Crippen LogP contribution in [0.25, 0.3) is 110 Å². The van der Waals surface area contributed by atoms with Gasteiger partial charge in [-0.3, -0.25) is 0 Å². The summed E-state index contributed by atoms with van der Waals surface area (Å²) in [5.74, 6) is 0. The SMILES string of the molecule is c1ccc(-c2ccc3c(c2)N(c2c(-c4ccccc4)cccc2-c2ccccc2)c2cc(-c4cccc(-c5c6ccccc6cc6ccccc56)c4)cc4c2B3c2cc3ccccc3cc2N4c2c(-c3ccccc3)cccc2-c2ccccc2)cc1. The maximum atomic E-state index is 2.67. The first-order valence-corrected chi connectivity index (χ1v) is 30.2. The average Bonchev–Trinajstić information content (AvgIpc) is 0.797. The van der Waals surface area contributed by atoms with Gasteiger partial charge in [-0.25, -0.2) is 0 Å². The summed E-state index contributed by atoms with van der Waals surface area (Å²) >= 11 is 0. The average molecular weight is 1100 g/mol. The van der Waals surface area contributed by atoms with E-state index in [0.29, 0.717) is 0 Å². The minimum absolute atomic E-state index is 0.169. The van der Waals surface area contributed by atoms with Crippen LogP contribution in [0.5, 0.6) is 0 Å². The van der Waals surface area contributed by atoms with Crippen LogP contribution in [0.4, 0.5) is 34.1 Å². The third-order valence-corrected chi connectivity index (χ3v) is 18.2. The molecule has 404 valence electrons. The summed E-state index contributed by atoms with van der Waals surface area (Å²) in [6.07, 6.45) is 0. The molecule has 0 radical (unpaired) electrons.